The zero-order chi connectivity index (χ0) is 22.7. The van der Waals surface area contributed by atoms with Crippen LogP contribution in [0, 0.1) is 26.7 Å². The summed E-state index contributed by atoms with van der Waals surface area (Å²) in [5.74, 6) is 1.27. The Hall–Kier alpha value is -2.93. The second-order valence-electron chi connectivity index (χ2n) is 8.83. The molecule has 0 aliphatic carbocycles. The summed E-state index contributed by atoms with van der Waals surface area (Å²) in [6.07, 6.45) is 2.52. The van der Waals surface area contributed by atoms with Gasteiger partial charge < -0.3 is 15.0 Å². The number of benzene rings is 1. The topological polar surface area (TPSA) is 71.8 Å². The highest BCUT2D eigenvalue weighted by molar-refractivity contribution is 5.79. The summed E-state index contributed by atoms with van der Waals surface area (Å²) in [7, 11) is 1.68. The Kier molecular flexibility index (Phi) is 6.74. The van der Waals surface area contributed by atoms with Crippen LogP contribution in [0.25, 0.3) is 16.9 Å². The van der Waals surface area contributed by atoms with E-state index in [1.54, 1.807) is 7.11 Å². The van der Waals surface area contributed by atoms with Gasteiger partial charge in [0, 0.05) is 62.7 Å². The van der Waals surface area contributed by atoms with Gasteiger partial charge in [-0.3, -0.25) is 4.79 Å². The summed E-state index contributed by atoms with van der Waals surface area (Å²) in [4.78, 5) is 19.5. The highest BCUT2D eigenvalue weighted by Gasteiger charge is 2.26. The number of nitrogens with zero attached hydrogens (tertiary/aromatic N) is 4. The Balaban J connectivity index is 1.51. The fraction of sp³-hybridized carbons (Fsp3) is 0.480. The van der Waals surface area contributed by atoms with Crippen LogP contribution in [0.2, 0.25) is 0 Å². The summed E-state index contributed by atoms with van der Waals surface area (Å²) in [6, 6.07) is 10.7. The van der Waals surface area contributed by atoms with Crippen LogP contribution in [-0.4, -0.2) is 53.9 Å². The third kappa shape index (κ3) is 4.93. The number of hydrogen-bond donors (Lipinski definition) is 1. The van der Waals surface area contributed by atoms with Crippen LogP contribution in [0.1, 0.15) is 36.1 Å². The summed E-state index contributed by atoms with van der Waals surface area (Å²) < 4.78 is 7.00. The quantitative estimate of drug-likeness (QED) is 0.573. The fourth-order valence-electron chi connectivity index (χ4n) is 4.51. The minimum absolute atomic E-state index is 0.0654. The van der Waals surface area contributed by atoms with Crippen molar-refractivity contribution in [3.8, 4) is 11.3 Å². The number of anilines is 1. The highest BCUT2D eigenvalue weighted by atomic mass is 16.5. The van der Waals surface area contributed by atoms with E-state index in [2.05, 4.69) is 54.4 Å². The molecule has 0 spiro atoms. The molecule has 1 saturated heterocycles. The summed E-state index contributed by atoms with van der Waals surface area (Å²) in [5, 5.41) is 7.96. The van der Waals surface area contributed by atoms with E-state index in [4.69, 9.17) is 14.8 Å². The summed E-state index contributed by atoms with van der Waals surface area (Å²) in [5.41, 5.74) is 6.32. The van der Waals surface area contributed by atoms with E-state index in [0.29, 0.717) is 13.2 Å². The Morgan fingerprint density at radius 1 is 1.09 bits per heavy atom. The normalized spacial score (nSPS) is 14.8. The van der Waals surface area contributed by atoms with Crippen LogP contribution >= 0.6 is 0 Å². The van der Waals surface area contributed by atoms with E-state index in [1.165, 1.54) is 11.1 Å². The lowest BCUT2D eigenvalue weighted by Gasteiger charge is -2.33. The maximum atomic E-state index is 12.5. The van der Waals surface area contributed by atoms with Crippen LogP contribution in [0.3, 0.4) is 0 Å². The lowest BCUT2D eigenvalue weighted by Crippen LogP contribution is -2.41. The van der Waals surface area contributed by atoms with Crippen LogP contribution in [0.4, 0.5) is 5.82 Å². The predicted octanol–water partition coefficient (Wildman–Crippen LogP) is 3.69. The molecule has 1 aliphatic rings. The molecular formula is C25H33N5O2. The largest absolute Gasteiger partial charge is 0.385 e. The second-order valence-corrected chi connectivity index (χ2v) is 8.83. The molecule has 3 heterocycles. The molecule has 32 heavy (non-hydrogen) atoms. The van der Waals surface area contributed by atoms with Gasteiger partial charge >= 0.3 is 0 Å². The Morgan fingerprint density at radius 3 is 2.50 bits per heavy atom. The van der Waals surface area contributed by atoms with Crippen molar-refractivity contribution >= 4 is 17.4 Å². The SMILES string of the molecule is COCCCNC(=O)C1CCN(c2cc(C)nc3cc(-c4cc(C)cc(C)c4)nn23)CC1. The van der Waals surface area contributed by atoms with Gasteiger partial charge in [-0.1, -0.05) is 17.2 Å². The van der Waals surface area contributed by atoms with Crippen molar-refractivity contribution in [3.05, 3.63) is 47.2 Å². The van der Waals surface area contributed by atoms with E-state index in [1.807, 2.05) is 11.4 Å². The number of ether oxygens (including phenoxy) is 1. The van der Waals surface area contributed by atoms with Gasteiger partial charge in [0.2, 0.25) is 5.91 Å². The number of aromatic nitrogens is 3. The number of hydrogen-bond acceptors (Lipinski definition) is 5. The number of fused-ring (bicyclic) bond motifs is 1. The Bertz CT molecular complexity index is 1080. The van der Waals surface area contributed by atoms with E-state index in [-0.39, 0.29) is 11.8 Å². The molecule has 1 N–H and O–H groups in total. The maximum Gasteiger partial charge on any atom is 0.223 e. The van der Waals surface area contributed by atoms with E-state index in [0.717, 1.165) is 60.8 Å². The van der Waals surface area contributed by atoms with Gasteiger partial charge in [-0.2, -0.15) is 9.61 Å². The maximum absolute atomic E-state index is 12.5. The Morgan fingerprint density at radius 2 is 1.81 bits per heavy atom. The molecule has 3 aromatic rings. The van der Waals surface area contributed by atoms with Crippen molar-refractivity contribution in [1.82, 2.24) is 19.9 Å². The van der Waals surface area contributed by atoms with E-state index in [9.17, 15) is 4.79 Å². The first-order chi connectivity index (χ1) is 15.4. The van der Waals surface area contributed by atoms with Crippen molar-refractivity contribution in [3.63, 3.8) is 0 Å². The first-order valence-electron chi connectivity index (χ1n) is 11.4. The molecule has 7 heteroatoms. The minimum atomic E-state index is 0.0654. The van der Waals surface area contributed by atoms with Gasteiger partial charge in [-0.15, -0.1) is 0 Å². The zero-order valence-electron chi connectivity index (χ0n) is 19.5. The number of amides is 1. The predicted molar refractivity (Wildman–Crippen MR) is 127 cm³/mol. The number of methoxy groups -OCH3 is 1. The first-order valence-corrected chi connectivity index (χ1v) is 11.4. The molecule has 0 saturated carbocycles. The van der Waals surface area contributed by atoms with E-state index < -0.39 is 0 Å². The zero-order valence-corrected chi connectivity index (χ0v) is 19.5. The Labute approximate surface area is 189 Å². The number of nitrogens with one attached hydrogen (secondary N) is 1. The molecule has 1 aromatic carbocycles. The molecular weight excluding hydrogens is 402 g/mol. The standard InChI is InChI=1S/C25H33N5O2/c1-17-12-18(2)14-21(13-17)22-16-23-27-19(3)15-24(30(23)28-22)29-9-6-20(7-10-29)25(31)26-8-5-11-32-4/h12-16,20H,5-11H2,1-4H3,(H,26,31). The van der Waals surface area contributed by atoms with Crippen LogP contribution in [0.15, 0.2) is 30.3 Å². The van der Waals surface area contributed by atoms with Crippen molar-refractivity contribution in [2.24, 2.45) is 5.92 Å². The van der Waals surface area contributed by atoms with Gasteiger partial charge in [0.15, 0.2) is 5.65 Å². The first kappa shape index (κ1) is 22.3. The number of rotatable bonds is 7. The van der Waals surface area contributed by atoms with Gasteiger partial charge in [0.1, 0.15) is 5.82 Å². The van der Waals surface area contributed by atoms with Gasteiger partial charge in [0.05, 0.1) is 5.69 Å². The number of piperidine rings is 1. The molecule has 0 radical (unpaired) electrons. The molecule has 1 fully saturated rings. The highest BCUT2D eigenvalue weighted by Crippen LogP contribution is 2.28. The van der Waals surface area contributed by atoms with Crippen molar-refractivity contribution < 1.29 is 9.53 Å². The molecule has 170 valence electrons. The molecule has 1 amide bonds. The molecule has 2 aromatic heterocycles. The van der Waals surface area contributed by atoms with Crippen LogP contribution in [0.5, 0.6) is 0 Å². The van der Waals surface area contributed by atoms with E-state index >= 15 is 0 Å². The summed E-state index contributed by atoms with van der Waals surface area (Å²) >= 11 is 0. The lowest BCUT2D eigenvalue weighted by molar-refractivity contribution is -0.125. The number of aryl methyl sites for hydroxylation is 3. The summed E-state index contributed by atoms with van der Waals surface area (Å²) in [6.45, 7) is 9.24. The smallest absolute Gasteiger partial charge is 0.223 e. The number of carbonyl (C=O) groups excluding carboxylic acids is 1. The van der Waals surface area contributed by atoms with Gasteiger partial charge in [0.25, 0.3) is 0 Å². The third-order valence-corrected chi connectivity index (χ3v) is 6.07. The monoisotopic (exact) mass is 435 g/mol. The number of carbonyl (C=O) groups is 1. The molecule has 4 rings (SSSR count). The van der Waals surface area contributed by atoms with Crippen molar-refractivity contribution in [2.75, 3.05) is 38.3 Å². The molecule has 0 atom stereocenters. The third-order valence-electron chi connectivity index (χ3n) is 6.07. The van der Waals surface area contributed by atoms with Gasteiger partial charge in [-0.05, 0) is 52.2 Å². The molecule has 0 unspecified atom stereocenters. The lowest BCUT2D eigenvalue weighted by atomic mass is 9.96. The van der Waals surface area contributed by atoms with Crippen molar-refractivity contribution in [2.45, 2.75) is 40.0 Å². The fourth-order valence-corrected chi connectivity index (χ4v) is 4.51. The second kappa shape index (κ2) is 9.69. The van der Waals surface area contributed by atoms with Crippen LogP contribution in [-0.2, 0) is 9.53 Å². The average Bonchev–Trinajstić information content (AvgIpc) is 3.19. The van der Waals surface area contributed by atoms with Gasteiger partial charge in [-0.25, -0.2) is 4.98 Å². The molecule has 0 bridgehead atoms. The minimum Gasteiger partial charge on any atom is -0.385 e. The average molecular weight is 436 g/mol. The van der Waals surface area contributed by atoms with Crippen LogP contribution < -0.4 is 10.2 Å². The van der Waals surface area contributed by atoms with Crippen molar-refractivity contribution in [1.29, 1.82) is 0 Å². The molecule has 1 aliphatic heterocycles. The molecule has 7 nitrogen and oxygen atoms in total.